The first kappa shape index (κ1) is 13.0. The fourth-order valence-electron chi connectivity index (χ4n) is 2.59. The van der Waals surface area contributed by atoms with Gasteiger partial charge in [0.15, 0.2) is 0 Å². The van der Waals surface area contributed by atoms with Crippen LogP contribution in [0.2, 0.25) is 0 Å². The van der Waals surface area contributed by atoms with Crippen molar-refractivity contribution in [3.63, 3.8) is 0 Å². The SMILES string of the molecule is CCCCCC1CCOC1CCCCC. The average Bonchev–Trinajstić information content (AvgIpc) is 2.67. The van der Waals surface area contributed by atoms with E-state index >= 15 is 0 Å². The summed E-state index contributed by atoms with van der Waals surface area (Å²) in [5.41, 5.74) is 0. The summed E-state index contributed by atoms with van der Waals surface area (Å²) in [5.74, 6) is 0.883. The molecule has 0 bridgehead atoms. The standard InChI is InChI=1S/C14H28O/c1-3-5-7-9-13-11-12-15-14(13)10-8-6-4-2/h13-14H,3-12H2,1-2H3. The third kappa shape index (κ3) is 5.01. The zero-order chi connectivity index (χ0) is 10.9. The van der Waals surface area contributed by atoms with E-state index < -0.39 is 0 Å². The molecule has 0 N–H and O–H groups in total. The van der Waals surface area contributed by atoms with Gasteiger partial charge in [-0.15, -0.1) is 0 Å². The van der Waals surface area contributed by atoms with E-state index in [1.165, 1.54) is 57.8 Å². The summed E-state index contributed by atoms with van der Waals surface area (Å²) < 4.78 is 5.84. The van der Waals surface area contributed by atoms with Gasteiger partial charge in [-0.2, -0.15) is 0 Å². The van der Waals surface area contributed by atoms with E-state index in [-0.39, 0.29) is 0 Å². The molecule has 1 fully saturated rings. The first-order chi connectivity index (χ1) is 7.38. The minimum absolute atomic E-state index is 0.605. The van der Waals surface area contributed by atoms with Gasteiger partial charge in [-0.25, -0.2) is 0 Å². The Morgan fingerprint density at radius 2 is 1.60 bits per heavy atom. The van der Waals surface area contributed by atoms with Crippen molar-refractivity contribution < 1.29 is 4.74 Å². The molecule has 1 nitrogen and oxygen atoms in total. The first-order valence-electron chi connectivity index (χ1n) is 7.00. The lowest BCUT2D eigenvalue weighted by Crippen LogP contribution is -2.15. The molecule has 0 aromatic heterocycles. The molecule has 0 aromatic rings. The molecule has 1 rings (SSSR count). The molecule has 90 valence electrons. The molecule has 1 heteroatoms. The topological polar surface area (TPSA) is 9.23 Å². The summed E-state index contributed by atoms with van der Waals surface area (Å²) in [6.07, 6.45) is 12.9. The van der Waals surface area contributed by atoms with Gasteiger partial charge in [0.2, 0.25) is 0 Å². The Morgan fingerprint density at radius 3 is 2.27 bits per heavy atom. The van der Waals surface area contributed by atoms with Gasteiger partial charge in [0.25, 0.3) is 0 Å². The second-order valence-electron chi connectivity index (χ2n) is 4.95. The summed E-state index contributed by atoms with van der Waals surface area (Å²) in [4.78, 5) is 0. The van der Waals surface area contributed by atoms with E-state index in [0.717, 1.165) is 12.5 Å². The zero-order valence-corrected chi connectivity index (χ0v) is 10.6. The Labute approximate surface area is 95.6 Å². The molecule has 0 saturated carbocycles. The molecule has 15 heavy (non-hydrogen) atoms. The van der Waals surface area contributed by atoms with Crippen LogP contribution >= 0.6 is 0 Å². The van der Waals surface area contributed by atoms with Crippen molar-refractivity contribution in [2.45, 2.75) is 77.7 Å². The number of hydrogen-bond acceptors (Lipinski definition) is 1. The fraction of sp³-hybridized carbons (Fsp3) is 1.00. The summed E-state index contributed by atoms with van der Waals surface area (Å²) in [6, 6.07) is 0. The van der Waals surface area contributed by atoms with Crippen molar-refractivity contribution in [2.24, 2.45) is 5.92 Å². The van der Waals surface area contributed by atoms with Crippen LogP contribution in [-0.4, -0.2) is 12.7 Å². The summed E-state index contributed by atoms with van der Waals surface area (Å²) in [7, 11) is 0. The van der Waals surface area contributed by atoms with E-state index in [4.69, 9.17) is 4.74 Å². The van der Waals surface area contributed by atoms with E-state index in [1.54, 1.807) is 0 Å². The smallest absolute Gasteiger partial charge is 0.0604 e. The molecular weight excluding hydrogens is 184 g/mol. The van der Waals surface area contributed by atoms with Gasteiger partial charge in [-0.1, -0.05) is 52.4 Å². The van der Waals surface area contributed by atoms with Crippen molar-refractivity contribution in [1.29, 1.82) is 0 Å². The van der Waals surface area contributed by atoms with Crippen LogP contribution in [0.5, 0.6) is 0 Å². The van der Waals surface area contributed by atoms with E-state index in [1.807, 2.05) is 0 Å². The molecule has 2 unspecified atom stereocenters. The highest BCUT2D eigenvalue weighted by atomic mass is 16.5. The van der Waals surface area contributed by atoms with Crippen LogP contribution in [0.25, 0.3) is 0 Å². The third-order valence-electron chi connectivity index (χ3n) is 3.62. The second kappa shape index (κ2) is 8.15. The molecule has 1 saturated heterocycles. The number of ether oxygens (including phenoxy) is 1. The van der Waals surface area contributed by atoms with Crippen molar-refractivity contribution >= 4 is 0 Å². The van der Waals surface area contributed by atoms with Gasteiger partial charge in [0.05, 0.1) is 6.10 Å². The number of hydrogen-bond donors (Lipinski definition) is 0. The van der Waals surface area contributed by atoms with E-state index in [0.29, 0.717) is 6.10 Å². The summed E-state index contributed by atoms with van der Waals surface area (Å²) >= 11 is 0. The van der Waals surface area contributed by atoms with Crippen LogP contribution < -0.4 is 0 Å². The molecule has 0 aromatic carbocycles. The van der Waals surface area contributed by atoms with Crippen LogP contribution in [0.15, 0.2) is 0 Å². The maximum absolute atomic E-state index is 5.84. The van der Waals surface area contributed by atoms with Gasteiger partial charge >= 0.3 is 0 Å². The normalized spacial score (nSPS) is 26.0. The van der Waals surface area contributed by atoms with Crippen LogP contribution in [-0.2, 0) is 4.74 Å². The van der Waals surface area contributed by atoms with Gasteiger partial charge in [0.1, 0.15) is 0 Å². The highest BCUT2D eigenvalue weighted by molar-refractivity contribution is 4.76. The van der Waals surface area contributed by atoms with Crippen molar-refractivity contribution in [3.05, 3.63) is 0 Å². The Morgan fingerprint density at radius 1 is 0.933 bits per heavy atom. The van der Waals surface area contributed by atoms with Crippen molar-refractivity contribution in [1.82, 2.24) is 0 Å². The monoisotopic (exact) mass is 212 g/mol. The molecule has 1 heterocycles. The van der Waals surface area contributed by atoms with Gasteiger partial charge < -0.3 is 4.74 Å². The van der Waals surface area contributed by atoms with Crippen molar-refractivity contribution in [3.8, 4) is 0 Å². The minimum atomic E-state index is 0.605. The number of rotatable bonds is 8. The maximum atomic E-state index is 5.84. The fourth-order valence-corrected chi connectivity index (χ4v) is 2.59. The Balaban J connectivity index is 2.11. The second-order valence-corrected chi connectivity index (χ2v) is 4.95. The number of unbranched alkanes of at least 4 members (excludes halogenated alkanes) is 4. The molecule has 1 aliphatic rings. The lowest BCUT2D eigenvalue weighted by molar-refractivity contribution is 0.0786. The maximum Gasteiger partial charge on any atom is 0.0604 e. The van der Waals surface area contributed by atoms with Crippen LogP contribution in [0.1, 0.15) is 71.6 Å². The Bertz CT molecular complexity index is 128. The predicted molar refractivity (Wildman–Crippen MR) is 66.1 cm³/mol. The molecule has 0 amide bonds. The zero-order valence-electron chi connectivity index (χ0n) is 10.6. The van der Waals surface area contributed by atoms with Gasteiger partial charge in [-0.3, -0.25) is 0 Å². The Kier molecular flexibility index (Phi) is 7.08. The average molecular weight is 212 g/mol. The van der Waals surface area contributed by atoms with Gasteiger partial charge in [-0.05, 0) is 25.2 Å². The Hall–Kier alpha value is -0.0400. The molecule has 1 aliphatic heterocycles. The minimum Gasteiger partial charge on any atom is -0.378 e. The van der Waals surface area contributed by atoms with Crippen LogP contribution in [0.4, 0.5) is 0 Å². The van der Waals surface area contributed by atoms with Crippen LogP contribution in [0.3, 0.4) is 0 Å². The lowest BCUT2D eigenvalue weighted by Gasteiger charge is -2.18. The molecular formula is C14H28O. The highest BCUT2D eigenvalue weighted by Crippen LogP contribution is 2.29. The van der Waals surface area contributed by atoms with E-state index in [2.05, 4.69) is 13.8 Å². The lowest BCUT2D eigenvalue weighted by atomic mass is 9.91. The quantitative estimate of drug-likeness (QED) is 0.536. The molecule has 0 radical (unpaired) electrons. The van der Waals surface area contributed by atoms with Crippen LogP contribution in [0, 0.1) is 5.92 Å². The summed E-state index contributed by atoms with van der Waals surface area (Å²) in [5, 5.41) is 0. The predicted octanol–water partition coefficient (Wildman–Crippen LogP) is 4.55. The summed E-state index contributed by atoms with van der Waals surface area (Å²) in [6.45, 7) is 5.58. The largest absolute Gasteiger partial charge is 0.378 e. The molecule has 0 aliphatic carbocycles. The first-order valence-corrected chi connectivity index (χ1v) is 7.00. The molecule has 0 spiro atoms. The molecule has 2 atom stereocenters. The third-order valence-corrected chi connectivity index (χ3v) is 3.62. The van der Waals surface area contributed by atoms with Crippen molar-refractivity contribution in [2.75, 3.05) is 6.61 Å². The van der Waals surface area contributed by atoms with E-state index in [9.17, 15) is 0 Å². The highest BCUT2D eigenvalue weighted by Gasteiger charge is 2.26. The van der Waals surface area contributed by atoms with Gasteiger partial charge in [0, 0.05) is 6.61 Å².